The second kappa shape index (κ2) is 9.58. The third-order valence-electron chi connectivity index (χ3n) is 3.62. The molecular formula is C18H18BrN3O5S. The molecule has 0 saturated carbocycles. The van der Waals surface area contributed by atoms with Crippen LogP contribution in [0.25, 0.3) is 0 Å². The normalized spacial score (nSPS) is 11.6. The van der Waals surface area contributed by atoms with Gasteiger partial charge in [-0.2, -0.15) is 9.41 Å². The molecule has 1 amide bonds. The van der Waals surface area contributed by atoms with Gasteiger partial charge in [-0.3, -0.25) is 4.79 Å². The first kappa shape index (κ1) is 21.7. The number of halogens is 1. The van der Waals surface area contributed by atoms with Gasteiger partial charge in [0.25, 0.3) is 5.91 Å². The Labute approximate surface area is 171 Å². The maximum atomic E-state index is 12.4. The number of likely N-dealkylation sites (N-methyl/N-ethyl adjacent to an activating group) is 1. The summed E-state index contributed by atoms with van der Waals surface area (Å²) in [6.07, 6.45) is 1.38. The van der Waals surface area contributed by atoms with Crippen molar-refractivity contribution in [3.05, 3.63) is 64.1 Å². The number of hydrogen-bond donors (Lipinski definition) is 1. The summed E-state index contributed by atoms with van der Waals surface area (Å²) < 4.78 is 31.2. The van der Waals surface area contributed by atoms with E-state index in [1.54, 1.807) is 36.4 Å². The highest BCUT2D eigenvalue weighted by atomic mass is 79.9. The topological polar surface area (TPSA) is 105 Å². The van der Waals surface area contributed by atoms with Gasteiger partial charge in [0.15, 0.2) is 0 Å². The van der Waals surface area contributed by atoms with Gasteiger partial charge in [-0.25, -0.2) is 18.6 Å². The molecule has 148 valence electrons. The maximum absolute atomic E-state index is 12.4. The van der Waals surface area contributed by atoms with Crippen LogP contribution in [0.4, 0.5) is 0 Å². The molecule has 2 aromatic rings. The minimum Gasteiger partial charge on any atom is -0.465 e. The molecule has 0 fully saturated rings. The number of nitrogens with one attached hydrogen (secondary N) is 1. The molecule has 8 nitrogen and oxygen atoms in total. The number of carbonyl (C=O) groups excluding carboxylic acids is 2. The molecule has 0 bridgehead atoms. The van der Waals surface area contributed by atoms with E-state index in [-0.39, 0.29) is 4.90 Å². The van der Waals surface area contributed by atoms with Gasteiger partial charge in [-0.1, -0.05) is 28.1 Å². The summed E-state index contributed by atoms with van der Waals surface area (Å²) in [5.74, 6) is -1.04. The Hall–Kier alpha value is -2.56. The van der Waals surface area contributed by atoms with E-state index in [4.69, 9.17) is 0 Å². The van der Waals surface area contributed by atoms with Gasteiger partial charge in [-0.05, 0) is 42.0 Å². The number of hydrazone groups is 1. The lowest BCUT2D eigenvalue weighted by Crippen LogP contribution is -2.36. The zero-order valence-corrected chi connectivity index (χ0v) is 17.5. The molecule has 0 heterocycles. The number of benzene rings is 2. The summed E-state index contributed by atoms with van der Waals surface area (Å²) in [6.45, 7) is -0.392. The summed E-state index contributed by atoms with van der Waals surface area (Å²) in [7, 11) is -1.18. The molecular weight excluding hydrogens is 450 g/mol. The van der Waals surface area contributed by atoms with Crippen molar-refractivity contribution in [2.24, 2.45) is 5.10 Å². The lowest BCUT2D eigenvalue weighted by molar-refractivity contribution is -0.121. The second-order valence-electron chi connectivity index (χ2n) is 5.62. The average Bonchev–Trinajstić information content (AvgIpc) is 2.68. The fourth-order valence-corrected chi connectivity index (χ4v) is 3.50. The van der Waals surface area contributed by atoms with Gasteiger partial charge in [0.05, 0.1) is 30.3 Å². The SMILES string of the molecule is COC(=O)c1ccc(/C=N\NC(=O)CN(C)S(=O)(=O)c2ccc(Br)cc2)cc1. The molecule has 0 aromatic heterocycles. The van der Waals surface area contributed by atoms with Gasteiger partial charge < -0.3 is 4.74 Å². The minimum absolute atomic E-state index is 0.0835. The quantitative estimate of drug-likeness (QED) is 0.380. The van der Waals surface area contributed by atoms with E-state index in [1.165, 1.54) is 32.5 Å². The molecule has 0 atom stereocenters. The molecule has 10 heteroatoms. The number of amides is 1. The van der Waals surface area contributed by atoms with Crippen LogP contribution < -0.4 is 5.43 Å². The molecule has 2 aromatic carbocycles. The zero-order valence-electron chi connectivity index (χ0n) is 15.1. The Balaban J connectivity index is 1.93. The first-order valence-electron chi connectivity index (χ1n) is 7.96. The zero-order chi connectivity index (χ0) is 20.7. The maximum Gasteiger partial charge on any atom is 0.337 e. The lowest BCUT2D eigenvalue weighted by Gasteiger charge is -2.16. The molecule has 0 saturated heterocycles. The Bertz CT molecular complexity index is 973. The van der Waals surface area contributed by atoms with Crippen molar-refractivity contribution in [1.82, 2.24) is 9.73 Å². The van der Waals surface area contributed by atoms with Gasteiger partial charge in [-0.15, -0.1) is 0 Å². The van der Waals surface area contributed by atoms with Crippen LogP contribution in [0.1, 0.15) is 15.9 Å². The Kier molecular flexibility index (Phi) is 7.44. The van der Waals surface area contributed by atoms with Crippen molar-refractivity contribution in [2.75, 3.05) is 20.7 Å². The number of ether oxygens (including phenoxy) is 1. The van der Waals surface area contributed by atoms with Crippen LogP contribution in [0.5, 0.6) is 0 Å². The summed E-state index contributed by atoms with van der Waals surface area (Å²) in [4.78, 5) is 23.4. The summed E-state index contributed by atoms with van der Waals surface area (Å²) in [6, 6.07) is 12.5. The third kappa shape index (κ3) is 5.72. The van der Waals surface area contributed by atoms with Crippen LogP contribution in [-0.2, 0) is 19.6 Å². The number of nitrogens with zero attached hydrogens (tertiary/aromatic N) is 2. The van der Waals surface area contributed by atoms with E-state index in [2.05, 4.69) is 31.2 Å². The predicted molar refractivity (Wildman–Crippen MR) is 107 cm³/mol. The molecule has 0 aliphatic heterocycles. The van der Waals surface area contributed by atoms with Gasteiger partial charge in [0, 0.05) is 11.5 Å². The van der Waals surface area contributed by atoms with E-state index in [1.807, 2.05) is 0 Å². The fourth-order valence-electron chi connectivity index (χ4n) is 2.11. The second-order valence-corrected chi connectivity index (χ2v) is 8.58. The number of sulfonamides is 1. The molecule has 1 N–H and O–H groups in total. The number of rotatable bonds is 7. The highest BCUT2D eigenvalue weighted by Crippen LogP contribution is 2.17. The van der Waals surface area contributed by atoms with Crippen molar-refractivity contribution in [3.63, 3.8) is 0 Å². The molecule has 28 heavy (non-hydrogen) atoms. The van der Waals surface area contributed by atoms with E-state index in [9.17, 15) is 18.0 Å². The Morgan fingerprint density at radius 1 is 1.14 bits per heavy atom. The van der Waals surface area contributed by atoms with Crippen LogP contribution in [0, 0.1) is 0 Å². The fraction of sp³-hybridized carbons (Fsp3) is 0.167. The standard InChI is InChI=1S/C18H18BrN3O5S/c1-22(28(25,26)16-9-7-15(19)8-10-16)12-17(23)21-20-11-13-3-5-14(6-4-13)18(24)27-2/h3-11H,12H2,1-2H3,(H,21,23)/b20-11-. The summed E-state index contributed by atoms with van der Waals surface area (Å²) >= 11 is 3.24. The molecule has 2 rings (SSSR count). The number of esters is 1. The van der Waals surface area contributed by atoms with Crippen molar-refractivity contribution in [1.29, 1.82) is 0 Å². The summed E-state index contributed by atoms with van der Waals surface area (Å²) in [5.41, 5.74) is 3.30. The monoisotopic (exact) mass is 467 g/mol. The van der Waals surface area contributed by atoms with E-state index >= 15 is 0 Å². The predicted octanol–water partition coefficient (Wildman–Crippen LogP) is 2.01. The first-order chi connectivity index (χ1) is 13.2. The third-order valence-corrected chi connectivity index (χ3v) is 5.97. The number of methoxy groups -OCH3 is 1. The highest BCUT2D eigenvalue weighted by molar-refractivity contribution is 9.10. The average molecular weight is 468 g/mol. The van der Waals surface area contributed by atoms with Crippen molar-refractivity contribution in [3.8, 4) is 0 Å². The van der Waals surface area contributed by atoms with Gasteiger partial charge in [0.1, 0.15) is 0 Å². The first-order valence-corrected chi connectivity index (χ1v) is 10.2. The van der Waals surface area contributed by atoms with Crippen molar-refractivity contribution >= 4 is 44.0 Å². The summed E-state index contributed by atoms with van der Waals surface area (Å²) in [5, 5.41) is 3.79. The van der Waals surface area contributed by atoms with E-state index in [0.717, 1.165) is 8.78 Å². The Morgan fingerprint density at radius 2 is 1.75 bits per heavy atom. The molecule has 0 unspecified atom stereocenters. The van der Waals surface area contributed by atoms with Crippen molar-refractivity contribution < 1.29 is 22.7 Å². The van der Waals surface area contributed by atoms with E-state index < -0.39 is 28.4 Å². The number of hydrogen-bond acceptors (Lipinski definition) is 6. The molecule has 0 radical (unpaired) electrons. The molecule has 0 aliphatic carbocycles. The van der Waals surface area contributed by atoms with E-state index in [0.29, 0.717) is 11.1 Å². The van der Waals surface area contributed by atoms with Crippen molar-refractivity contribution in [2.45, 2.75) is 4.90 Å². The van der Waals surface area contributed by atoms with Gasteiger partial charge in [0.2, 0.25) is 10.0 Å². The molecule has 0 aliphatic rings. The largest absolute Gasteiger partial charge is 0.465 e. The van der Waals surface area contributed by atoms with Crippen LogP contribution in [0.2, 0.25) is 0 Å². The minimum atomic E-state index is -3.79. The lowest BCUT2D eigenvalue weighted by atomic mass is 10.1. The van der Waals surface area contributed by atoms with Crippen LogP contribution in [0.15, 0.2) is 63.0 Å². The number of carbonyl (C=O) groups is 2. The highest BCUT2D eigenvalue weighted by Gasteiger charge is 2.22. The van der Waals surface area contributed by atoms with Crippen LogP contribution in [-0.4, -0.2) is 51.5 Å². The smallest absolute Gasteiger partial charge is 0.337 e. The Morgan fingerprint density at radius 3 is 2.32 bits per heavy atom. The van der Waals surface area contributed by atoms with Gasteiger partial charge >= 0.3 is 5.97 Å². The van der Waals surface area contributed by atoms with Crippen LogP contribution >= 0.6 is 15.9 Å². The molecule has 0 spiro atoms. The van der Waals surface area contributed by atoms with Crippen LogP contribution in [0.3, 0.4) is 0 Å².